The molecule has 0 aromatic carbocycles. The van der Waals surface area contributed by atoms with E-state index in [1.807, 2.05) is 12.1 Å². The molecule has 0 spiro atoms. The summed E-state index contributed by atoms with van der Waals surface area (Å²) in [4.78, 5) is 3.89. The molecule has 0 amide bonds. The van der Waals surface area contributed by atoms with Crippen molar-refractivity contribution >= 4 is 0 Å². The highest BCUT2D eigenvalue weighted by Crippen LogP contribution is 2.16. The fourth-order valence-corrected chi connectivity index (χ4v) is 1.89. The molecule has 1 aliphatic heterocycles. The van der Waals surface area contributed by atoms with Crippen molar-refractivity contribution in [3.05, 3.63) is 17.7 Å². The SMILES string of the molecule is N#Cc1ncn(CC2CCCCO2)c1C#N. The Kier molecular flexibility index (Phi) is 3.19. The van der Waals surface area contributed by atoms with Crippen LogP contribution < -0.4 is 0 Å². The van der Waals surface area contributed by atoms with Crippen LogP contribution in [0.2, 0.25) is 0 Å². The van der Waals surface area contributed by atoms with E-state index in [1.165, 1.54) is 6.33 Å². The summed E-state index contributed by atoms with van der Waals surface area (Å²) in [5.74, 6) is 0. The average molecular weight is 216 g/mol. The van der Waals surface area contributed by atoms with Crippen molar-refractivity contribution in [1.82, 2.24) is 9.55 Å². The molecule has 16 heavy (non-hydrogen) atoms. The summed E-state index contributed by atoms with van der Waals surface area (Å²) >= 11 is 0. The molecule has 2 heterocycles. The highest BCUT2D eigenvalue weighted by Gasteiger charge is 2.17. The normalized spacial score (nSPS) is 20.0. The van der Waals surface area contributed by atoms with Gasteiger partial charge in [-0.25, -0.2) is 4.98 Å². The Morgan fingerprint density at radius 3 is 2.94 bits per heavy atom. The van der Waals surface area contributed by atoms with Gasteiger partial charge in [0, 0.05) is 6.61 Å². The van der Waals surface area contributed by atoms with Gasteiger partial charge in [0.05, 0.1) is 19.0 Å². The largest absolute Gasteiger partial charge is 0.376 e. The molecule has 1 unspecified atom stereocenters. The van der Waals surface area contributed by atoms with Gasteiger partial charge in [-0.2, -0.15) is 10.5 Å². The third-order valence-electron chi connectivity index (χ3n) is 2.72. The molecule has 0 radical (unpaired) electrons. The van der Waals surface area contributed by atoms with Gasteiger partial charge >= 0.3 is 0 Å². The molecule has 2 rings (SSSR count). The average Bonchev–Trinajstić information content (AvgIpc) is 2.72. The van der Waals surface area contributed by atoms with Crippen molar-refractivity contribution in [3.8, 4) is 12.1 Å². The van der Waals surface area contributed by atoms with Crippen molar-refractivity contribution in [2.24, 2.45) is 0 Å². The first kappa shape index (κ1) is 10.7. The Bertz CT molecular complexity index is 446. The van der Waals surface area contributed by atoms with Crippen molar-refractivity contribution in [2.45, 2.75) is 31.9 Å². The number of imidazole rings is 1. The van der Waals surface area contributed by atoms with E-state index in [9.17, 15) is 0 Å². The minimum Gasteiger partial charge on any atom is -0.376 e. The molecular weight excluding hydrogens is 204 g/mol. The van der Waals surface area contributed by atoms with E-state index >= 15 is 0 Å². The zero-order valence-corrected chi connectivity index (χ0v) is 8.89. The van der Waals surface area contributed by atoms with Crippen molar-refractivity contribution in [3.63, 3.8) is 0 Å². The van der Waals surface area contributed by atoms with Gasteiger partial charge in [0.1, 0.15) is 12.1 Å². The fourth-order valence-electron chi connectivity index (χ4n) is 1.89. The van der Waals surface area contributed by atoms with Crippen molar-refractivity contribution < 1.29 is 4.74 Å². The van der Waals surface area contributed by atoms with Crippen LogP contribution in [0.1, 0.15) is 30.7 Å². The second-order valence-electron chi connectivity index (χ2n) is 3.81. The molecule has 5 heteroatoms. The summed E-state index contributed by atoms with van der Waals surface area (Å²) in [6, 6.07) is 3.92. The molecule has 0 aliphatic carbocycles. The maximum Gasteiger partial charge on any atom is 0.176 e. The van der Waals surface area contributed by atoms with Gasteiger partial charge in [-0.1, -0.05) is 0 Å². The summed E-state index contributed by atoms with van der Waals surface area (Å²) < 4.78 is 7.29. The lowest BCUT2D eigenvalue weighted by Crippen LogP contribution is -2.24. The second kappa shape index (κ2) is 4.78. The number of nitriles is 2. The number of rotatable bonds is 2. The van der Waals surface area contributed by atoms with Gasteiger partial charge in [0.2, 0.25) is 0 Å². The van der Waals surface area contributed by atoms with Gasteiger partial charge in [0.15, 0.2) is 11.4 Å². The van der Waals surface area contributed by atoms with Crippen LogP contribution in [0.25, 0.3) is 0 Å². The molecule has 0 bridgehead atoms. The van der Waals surface area contributed by atoms with Gasteiger partial charge in [-0.15, -0.1) is 0 Å². The van der Waals surface area contributed by atoms with Crippen molar-refractivity contribution in [1.29, 1.82) is 10.5 Å². The summed E-state index contributed by atoms with van der Waals surface area (Å²) in [7, 11) is 0. The standard InChI is InChI=1S/C11H12N4O/c12-5-10-11(6-13)15(8-14-10)7-9-3-1-2-4-16-9/h8-9H,1-4,7H2. The highest BCUT2D eigenvalue weighted by atomic mass is 16.5. The molecule has 1 aliphatic rings. The number of ether oxygens (including phenoxy) is 1. The van der Waals surface area contributed by atoms with Gasteiger partial charge in [-0.05, 0) is 19.3 Å². The summed E-state index contributed by atoms with van der Waals surface area (Å²) in [5, 5.41) is 17.7. The number of nitrogens with zero attached hydrogens (tertiary/aromatic N) is 4. The lowest BCUT2D eigenvalue weighted by atomic mass is 10.1. The minimum absolute atomic E-state index is 0.140. The third kappa shape index (κ3) is 2.05. The smallest absolute Gasteiger partial charge is 0.176 e. The minimum atomic E-state index is 0.140. The van der Waals surface area contributed by atoms with Crippen molar-refractivity contribution in [2.75, 3.05) is 6.61 Å². The van der Waals surface area contributed by atoms with Crippen LogP contribution in [-0.2, 0) is 11.3 Å². The highest BCUT2D eigenvalue weighted by molar-refractivity contribution is 5.36. The molecule has 0 N–H and O–H groups in total. The summed E-state index contributed by atoms with van der Waals surface area (Å²) in [6.45, 7) is 1.39. The van der Waals surface area contributed by atoms with Gasteiger partial charge in [-0.3, -0.25) is 0 Å². The molecule has 82 valence electrons. The second-order valence-corrected chi connectivity index (χ2v) is 3.81. The fraction of sp³-hybridized carbons (Fsp3) is 0.545. The summed E-state index contributed by atoms with van der Waals surface area (Å²) in [5.41, 5.74) is 0.523. The van der Waals surface area contributed by atoms with Crippen LogP contribution >= 0.6 is 0 Å². The zero-order chi connectivity index (χ0) is 11.4. The lowest BCUT2D eigenvalue weighted by molar-refractivity contribution is 0.00585. The van der Waals surface area contributed by atoms with E-state index in [4.69, 9.17) is 15.3 Å². The van der Waals surface area contributed by atoms with Crippen LogP contribution in [0.15, 0.2) is 6.33 Å². The first-order valence-electron chi connectivity index (χ1n) is 5.32. The van der Waals surface area contributed by atoms with E-state index in [1.54, 1.807) is 4.57 Å². The Morgan fingerprint density at radius 1 is 1.44 bits per heavy atom. The van der Waals surface area contributed by atoms with Crippen LogP contribution in [-0.4, -0.2) is 22.3 Å². The molecule has 1 saturated heterocycles. The Hall–Kier alpha value is -1.85. The first-order valence-corrected chi connectivity index (χ1v) is 5.32. The van der Waals surface area contributed by atoms with Crippen LogP contribution in [0.3, 0.4) is 0 Å². The number of hydrogen-bond acceptors (Lipinski definition) is 4. The zero-order valence-electron chi connectivity index (χ0n) is 8.89. The summed E-state index contributed by atoms with van der Waals surface area (Å²) in [6.07, 6.45) is 4.95. The Labute approximate surface area is 93.9 Å². The van der Waals surface area contributed by atoms with Crippen LogP contribution in [0.5, 0.6) is 0 Å². The van der Waals surface area contributed by atoms with Gasteiger partial charge in [0.25, 0.3) is 0 Å². The van der Waals surface area contributed by atoms with E-state index in [2.05, 4.69) is 4.98 Å². The monoisotopic (exact) mass is 216 g/mol. The maximum absolute atomic E-state index is 8.95. The molecule has 0 saturated carbocycles. The number of aromatic nitrogens is 2. The van der Waals surface area contributed by atoms with E-state index in [0.29, 0.717) is 12.2 Å². The molecular formula is C11H12N4O. The third-order valence-corrected chi connectivity index (χ3v) is 2.72. The van der Waals surface area contributed by atoms with Gasteiger partial charge < -0.3 is 9.30 Å². The van der Waals surface area contributed by atoms with Crippen LogP contribution in [0.4, 0.5) is 0 Å². The van der Waals surface area contributed by atoms with Crippen LogP contribution in [0, 0.1) is 22.7 Å². The number of hydrogen-bond donors (Lipinski definition) is 0. The predicted octanol–water partition coefficient (Wildman–Crippen LogP) is 1.20. The maximum atomic E-state index is 8.95. The molecule has 5 nitrogen and oxygen atoms in total. The first-order chi connectivity index (χ1) is 7.85. The lowest BCUT2D eigenvalue weighted by Gasteiger charge is -2.22. The topological polar surface area (TPSA) is 74.6 Å². The molecule has 1 aromatic rings. The van der Waals surface area contributed by atoms with E-state index in [0.717, 1.165) is 25.9 Å². The quantitative estimate of drug-likeness (QED) is 0.744. The Balaban J connectivity index is 2.12. The molecule has 1 atom stereocenters. The predicted molar refractivity (Wildman–Crippen MR) is 55.2 cm³/mol. The van der Waals surface area contributed by atoms with E-state index in [-0.39, 0.29) is 11.8 Å². The molecule has 1 aromatic heterocycles. The molecule has 1 fully saturated rings. The van der Waals surface area contributed by atoms with E-state index < -0.39 is 0 Å². The Morgan fingerprint density at radius 2 is 2.31 bits per heavy atom.